The lowest BCUT2D eigenvalue weighted by Crippen LogP contribution is -2.37. The fourth-order valence-electron chi connectivity index (χ4n) is 1.26. The fraction of sp³-hybridized carbons (Fsp3) is 0.636. The number of aromatic nitrogens is 1. The van der Waals surface area contributed by atoms with E-state index in [9.17, 15) is 4.79 Å². The van der Waals surface area contributed by atoms with Gasteiger partial charge >= 0.3 is 6.03 Å². The minimum atomic E-state index is -0.381. The lowest BCUT2D eigenvalue weighted by molar-refractivity contribution is 0.183. The first kappa shape index (κ1) is 13.9. The van der Waals surface area contributed by atoms with Crippen LogP contribution in [0.2, 0.25) is 0 Å². The molecule has 1 aromatic rings. The fourth-order valence-corrected chi connectivity index (χ4v) is 2.04. The Kier molecular flexibility index (Phi) is 5.93. The third-order valence-corrected chi connectivity index (χ3v) is 3.11. The van der Waals surface area contributed by atoms with Crippen LogP contribution >= 0.6 is 11.3 Å². The quantitative estimate of drug-likeness (QED) is 0.713. The van der Waals surface area contributed by atoms with Gasteiger partial charge in [0.1, 0.15) is 0 Å². The number of nitrogens with zero attached hydrogens (tertiary/aromatic N) is 1. The number of aliphatic hydroxyl groups excluding tert-OH is 1. The molecule has 1 rings (SSSR count). The molecule has 1 unspecified atom stereocenters. The van der Waals surface area contributed by atoms with Gasteiger partial charge in [-0.05, 0) is 20.3 Å². The molecule has 2 amide bonds. The van der Waals surface area contributed by atoms with Gasteiger partial charge in [0.15, 0.2) is 0 Å². The molecular weight excluding hydrogens is 238 g/mol. The highest BCUT2D eigenvalue weighted by Gasteiger charge is 2.02. The van der Waals surface area contributed by atoms with Crippen molar-refractivity contribution < 1.29 is 9.90 Å². The van der Waals surface area contributed by atoms with Crippen LogP contribution in [0.15, 0.2) is 6.20 Å². The number of amides is 2. The molecule has 0 aliphatic carbocycles. The lowest BCUT2D eigenvalue weighted by Gasteiger charge is -2.07. The summed E-state index contributed by atoms with van der Waals surface area (Å²) >= 11 is 1.65. The van der Waals surface area contributed by atoms with Crippen LogP contribution in [0.3, 0.4) is 0 Å². The van der Waals surface area contributed by atoms with Crippen molar-refractivity contribution in [2.24, 2.45) is 0 Å². The predicted molar refractivity (Wildman–Crippen MR) is 68.3 cm³/mol. The maximum Gasteiger partial charge on any atom is 0.314 e. The van der Waals surface area contributed by atoms with Crippen molar-refractivity contribution in [3.63, 3.8) is 0 Å². The highest BCUT2D eigenvalue weighted by Crippen LogP contribution is 2.10. The van der Waals surface area contributed by atoms with E-state index in [-0.39, 0.29) is 12.1 Å². The molecule has 0 spiro atoms. The minimum absolute atomic E-state index is 0.195. The maximum atomic E-state index is 11.3. The largest absolute Gasteiger partial charge is 0.393 e. The second-order valence-corrected chi connectivity index (χ2v) is 5.25. The number of thiazole rings is 1. The lowest BCUT2D eigenvalue weighted by atomic mass is 10.3. The van der Waals surface area contributed by atoms with E-state index in [0.717, 1.165) is 11.4 Å². The Labute approximate surface area is 105 Å². The highest BCUT2D eigenvalue weighted by atomic mass is 32.1. The van der Waals surface area contributed by atoms with E-state index in [0.29, 0.717) is 19.5 Å². The van der Waals surface area contributed by atoms with Crippen LogP contribution in [-0.2, 0) is 6.42 Å². The zero-order valence-electron chi connectivity index (χ0n) is 10.2. The van der Waals surface area contributed by atoms with E-state index in [1.807, 2.05) is 13.1 Å². The van der Waals surface area contributed by atoms with Crippen molar-refractivity contribution in [2.45, 2.75) is 32.8 Å². The molecule has 3 N–H and O–H groups in total. The van der Waals surface area contributed by atoms with E-state index in [4.69, 9.17) is 5.11 Å². The van der Waals surface area contributed by atoms with Crippen molar-refractivity contribution in [3.8, 4) is 0 Å². The van der Waals surface area contributed by atoms with Gasteiger partial charge in [-0.3, -0.25) is 0 Å². The summed E-state index contributed by atoms with van der Waals surface area (Å²) in [5.41, 5.74) is 0. The molecule has 0 aliphatic heterocycles. The Hall–Kier alpha value is -1.14. The van der Waals surface area contributed by atoms with E-state index < -0.39 is 0 Å². The molecule has 96 valence electrons. The zero-order valence-corrected chi connectivity index (χ0v) is 11.0. The van der Waals surface area contributed by atoms with Gasteiger partial charge in [0.05, 0.1) is 11.1 Å². The first-order valence-electron chi connectivity index (χ1n) is 5.69. The van der Waals surface area contributed by atoms with Crippen LogP contribution < -0.4 is 10.6 Å². The van der Waals surface area contributed by atoms with Crippen molar-refractivity contribution in [2.75, 3.05) is 13.1 Å². The van der Waals surface area contributed by atoms with Crippen molar-refractivity contribution >= 4 is 17.4 Å². The van der Waals surface area contributed by atoms with Crippen molar-refractivity contribution in [3.05, 3.63) is 16.1 Å². The van der Waals surface area contributed by atoms with Gasteiger partial charge in [0, 0.05) is 30.6 Å². The number of carbonyl (C=O) groups is 1. The molecule has 0 aliphatic rings. The van der Waals surface area contributed by atoms with Gasteiger partial charge in [-0.2, -0.15) is 0 Å². The first-order chi connectivity index (χ1) is 8.08. The van der Waals surface area contributed by atoms with Crippen LogP contribution in [-0.4, -0.2) is 35.3 Å². The molecule has 0 saturated carbocycles. The molecule has 1 atom stereocenters. The topological polar surface area (TPSA) is 74.2 Å². The van der Waals surface area contributed by atoms with E-state index in [1.165, 1.54) is 4.88 Å². The van der Waals surface area contributed by atoms with Gasteiger partial charge < -0.3 is 15.7 Å². The SMILES string of the molecule is Cc1cnc(CCNC(=O)NCCC(C)O)s1. The normalized spacial score (nSPS) is 12.2. The second-order valence-electron chi connectivity index (χ2n) is 3.94. The van der Waals surface area contributed by atoms with Gasteiger partial charge in [0.2, 0.25) is 0 Å². The summed E-state index contributed by atoms with van der Waals surface area (Å²) in [5, 5.41) is 15.5. The summed E-state index contributed by atoms with van der Waals surface area (Å²) in [5.74, 6) is 0. The van der Waals surface area contributed by atoms with Crippen LogP contribution in [0.1, 0.15) is 23.2 Å². The summed E-state index contributed by atoms with van der Waals surface area (Å²) in [7, 11) is 0. The monoisotopic (exact) mass is 257 g/mol. The molecular formula is C11H19N3O2S. The molecule has 0 aromatic carbocycles. The van der Waals surface area contributed by atoms with Crippen LogP contribution in [0.4, 0.5) is 4.79 Å². The van der Waals surface area contributed by atoms with E-state index >= 15 is 0 Å². The summed E-state index contributed by atoms with van der Waals surface area (Å²) < 4.78 is 0. The molecule has 6 heteroatoms. The average Bonchev–Trinajstić information content (AvgIpc) is 2.63. The van der Waals surface area contributed by atoms with E-state index in [2.05, 4.69) is 15.6 Å². The summed E-state index contributed by atoms with van der Waals surface area (Å²) in [6.45, 7) is 4.77. The Bertz CT molecular complexity index is 352. The van der Waals surface area contributed by atoms with Crippen LogP contribution in [0.25, 0.3) is 0 Å². The van der Waals surface area contributed by atoms with Gasteiger partial charge in [0.25, 0.3) is 0 Å². The summed E-state index contributed by atoms with van der Waals surface area (Å²) in [6, 6.07) is -0.195. The van der Waals surface area contributed by atoms with E-state index in [1.54, 1.807) is 18.3 Å². The maximum absolute atomic E-state index is 11.3. The van der Waals surface area contributed by atoms with Crippen molar-refractivity contribution in [1.29, 1.82) is 0 Å². The van der Waals surface area contributed by atoms with Crippen LogP contribution in [0.5, 0.6) is 0 Å². The number of nitrogens with one attached hydrogen (secondary N) is 2. The third-order valence-electron chi connectivity index (χ3n) is 2.14. The summed E-state index contributed by atoms with van der Waals surface area (Å²) in [4.78, 5) is 16.7. The Balaban J connectivity index is 2.08. The third kappa shape index (κ3) is 6.23. The average molecular weight is 257 g/mol. The number of carbonyl (C=O) groups excluding carboxylic acids is 1. The molecule has 1 heterocycles. The van der Waals surface area contributed by atoms with Gasteiger partial charge in [-0.1, -0.05) is 0 Å². The molecule has 17 heavy (non-hydrogen) atoms. The highest BCUT2D eigenvalue weighted by molar-refractivity contribution is 7.11. The standard InChI is InChI=1S/C11H19N3O2S/c1-8(15)3-5-12-11(16)13-6-4-10-14-7-9(2)17-10/h7-8,15H,3-6H2,1-2H3,(H2,12,13,16). The van der Waals surface area contributed by atoms with Crippen molar-refractivity contribution in [1.82, 2.24) is 15.6 Å². The molecule has 0 bridgehead atoms. The summed E-state index contributed by atoms with van der Waals surface area (Å²) in [6.07, 6.45) is 2.78. The number of urea groups is 1. The first-order valence-corrected chi connectivity index (χ1v) is 6.50. The molecule has 1 aromatic heterocycles. The Morgan fingerprint density at radius 1 is 1.53 bits per heavy atom. The van der Waals surface area contributed by atoms with Gasteiger partial charge in [-0.25, -0.2) is 9.78 Å². The zero-order chi connectivity index (χ0) is 12.7. The Morgan fingerprint density at radius 2 is 2.24 bits per heavy atom. The molecule has 5 nitrogen and oxygen atoms in total. The number of aliphatic hydroxyl groups is 1. The predicted octanol–water partition coefficient (Wildman–Crippen LogP) is 1.06. The smallest absolute Gasteiger partial charge is 0.314 e. The van der Waals surface area contributed by atoms with Gasteiger partial charge in [-0.15, -0.1) is 11.3 Å². The molecule has 0 fully saturated rings. The number of hydrogen-bond acceptors (Lipinski definition) is 4. The molecule has 0 radical (unpaired) electrons. The molecule has 0 saturated heterocycles. The van der Waals surface area contributed by atoms with Crippen LogP contribution in [0, 0.1) is 6.92 Å². The Morgan fingerprint density at radius 3 is 2.82 bits per heavy atom. The number of rotatable bonds is 6. The minimum Gasteiger partial charge on any atom is -0.393 e. The number of aryl methyl sites for hydroxylation is 1. The second kappa shape index (κ2) is 7.24. The number of hydrogen-bond donors (Lipinski definition) is 3.